The van der Waals surface area contributed by atoms with Crippen molar-refractivity contribution in [2.45, 2.75) is 0 Å². The molecule has 0 bridgehead atoms. The predicted molar refractivity (Wildman–Crippen MR) is 79.3 cm³/mol. The summed E-state index contributed by atoms with van der Waals surface area (Å²) in [5.74, 6) is 0.740. The maximum Gasteiger partial charge on any atom is 0.141 e. The molecule has 0 spiro atoms. The van der Waals surface area contributed by atoms with E-state index in [1.807, 2.05) is 42.5 Å². The molecular formula is C14H9Cl2N3. The summed E-state index contributed by atoms with van der Waals surface area (Å²) < 4.78 is 0. The van der Waals surface area contributed by atoms with E-state index in [0.29, 0.717) is 10.0 Å². The van der Waals surface area contributed by atoms with Crippen molar-refractivity contribution < 1.29 is 0 Å². The van der Waals surface area contributed by atoms with Crippen LogP contribution in [0.5, 0.6) is 0 Å². The van der Waals surface area contributed by atoms with Gasteiger partial charge in [-0.3, -0.25) is 0 Å². The van der Waals surface area contributed by atoms with Gasteiger partial charge < -0.3 is 5.32 Å². The van der Waals surface area contributed by atoms with Gasteiger partial charge in [-0.25, -0.2) is 9.97 Å². The molecule has 1 heterocycles. The molecule has 0 saturated carbocycles. The molecule has 0 atom stereocenters. The van der Waals surface area contributed by atoms with Gasteiger partial charge in [-0.05, 0) is 42.5 Å². The number of anilines is 2. The van der Waals surface area contributed by atoms with Gasteiger partial charge in [0.15, 0.2) is 0 Å². The van der Waals surface area contributed by atoms with E-state index in [1.54, 1.807) is 0 Å². The molecule has 3 nitrogen and oxygen atoms in total. The maximum atomic E-state index is 5.95. The molecule has 3 rings (SSSR count). The van der Waals surface area contributed by atoms with Gasteiger partial charge in [0.2, 0.25) is 0 Å². The fourth-order valence-corrected chi connectivity index (χ4v) is 2.09. The number of nitrogens with zero attached hydrogens (tertiary/aromatic N) is 2. The third-order valence-electron chi connectivity index (χ3n) is 2.71. The number of hydrogen-bond acceptors (Lipinski definition) is 3. The van der Waals surface area contributed by atoms with Gasteiger partial charge in [0.1, 0.15) is 12.1 Å². The fraction of sp³-hybridized carbons (Fsp3) is 0. The average Bonchev–Trinajstić information content (AvgIpc) is 2.41. The van der Waals surface area contributed by atoms with Gasteiger partial charge in [0.25, 0.3) is 0 Å². The zero-order valence-corrected chi connectivity index (χ0v) is 11.3. The van der Waals surface area contributed by atoms with E-state index < -0.39 is 0 Å². The van der Waals surface area contributed by atoms with Crippen molar-refractivity contribution in [1.82, 2.24) is 9.97 Å². The Hall–Kier alpha value is -1.84. The number of rotatable bonds is 2. The van der Waals surface area contributed by atoms with Crippen molar-refractivity contribution in [2.24, 2.45) is 0 Å². The average molecular weight is 290 g/mol. The molecular weight excluding hydrogens is 281 g/mol. The van der Waals surface area contributed by atoms with Gasteiger partial charge in [0.05, 0.1) is 5.52 Å². The lowest BCUT2D eigenvalue weighted by atomic mass is 10.2. The van der Waals surface area contributed by atoms with Gasteiger partial charge in [-0.15, -0.1) is 0 Å². The molecule has 94 valence electrons. The minimum Gasteiger partial charge on any atom is -0.340 e. The fourth-order valence-electron chi connectivity index (χ4n) is 1.80. The van der Waals surface area contributed by atoms with Crippen LogP contribution in [0.2, 0.25) is 10.0 Å². The Bertz CT molecular complexity index is 726. The summed E-state index contributed by atoms with van der Waals surface area (Å²) in [4.78, 5) is 8.46. The lowest BCUT2D eigenvalue weighted by Crippen LogP contribution is -1.95. The van der Waals surface area contributed by atoms with Crippen LogP contribution in [0.25, 0.3) is 10.9 Å². The molecule has 5 heteroatoms. The van der Waals surface area contributed by atoms with E-state index in [9.17, 15) is 0 Å². The molecule has 2 aromatic carbocycles. The third kappa shape index (κ3) is 2.62. The molecule has 3 aromatic rings. The van der Waals surface area contributed by atoms with Crippen LogP contribution in [0, 0.1) is 0 Å². The normalized spacial score (nSPS) is 10.6. The number of benzene rings is 2. The van der Waals surface area contributed by atoms with Crippen LogP contribution in [0.4, 0.5) is 11.5 Å². The van der Waals surface area contributed by atoms with Crippen LogP contribution in [0.1, 0.15) is 0 Å². The highest BCUT2D eigenvalue weighted by molar-refractivity contribution is 6.31. The molecule has 0 saturated heterocycles. The van der Waals surface area contributed by atoms with Gasteiger partial charge in [0, 0.05) is 21.1 Å². The summed E-state index contributed by atoms with van der Waals surface area (Å²) in [5.41, 5.74) is 1.72. The number of fused-ring (bicyclic) bond motifs is 1. The van der Waals surface area contributed by atoms with E-state index in [2.05, 4.69) is 15.3 Å². The van der Waals surface area contributed by atoms with Gasteiger partial charge >= 0.3 is 0 Å². The number of nitrogens with one attached hydrogen (secondary N) is 1. The van der Waals surface area contributed by atoms with Crippen LogP contribution in [0.3, 0.4) is 0 Å². The molecule has 1 N–H and O–H groups in total. The number of halogens is 2. The van der Waals surface area contributed by atoms with Crippen molar-refractivity contribution in [3.63, 3.8) is 0 Å². The first kappa shape index (κ1) is 12.2. The van der Waals surface area contributed by atoms with Crippen molar-refractivity contribution in [2.75, 3.05) is 5.32 Å². The predicted octanol–water partition coefficient (Wildman–Crippen LogP) is 4.68. The van der Waals surface area contributed by atoms with E-state index in [0.717, 1.165) is 22.4 Å². The van der Waals surface area contributed by atoms with Crippen molar-refractivity contribution in [3.05, 3.63) is 58.8 Å². The highest BCUT2D eigenvalue weighted by Crippen LogP contribution is 2.25. The monoisotopic (exact) mass is 289 g/mol. The van der Waals surface area contributed by atoms with E-state index in [-0.39, 0.29) is 0 Å². The molecule has 0 fully saturated rings. The minimum absolute atomic E-state index is 0.656. The van der Waals surface area contributed by atoms with Crippen molar-refractivity contribution in [1.29, 1.82) is 0 Å². The van der Waals surface area contributed by atoms with Crippen molar-refractivity contribution >= 4 is 45.6 Å². The Morgan fingerprint density at radius 3 is 2.37 bits per heavy atom. The Balaban J connectivity index is 2.03. The van der Waals surface area contributed by atoms with E-state index in [1.165, 1.54) is 6.33 Å². The second kappa shape index (κ2) is 5.03. The third-order valence-corrected chi connectivity index (χ3v) is 3.19. The molecule has 0 amide bonds. The first-order valence-corrected chi connectivity index (χ1v) is 6.41. The number of hydrogen-bond donors (Lipinski definition) is 1. The SMILES string of the molecule is Clc1ccc(Nc2ncnc3cc(Cl)ccc23)cc1. The quantitative estimate of drug-likeness (QED) is 0.744. The van der Waals surface area contributed by atoms with Crippen LogP contribution in [-0.4, -0.2) is 9.97 Å². The van der Waals surface area contributed by atoms with Crippen molar-refractivity contribution in [3.8, 4) is 0 Å². The topological polar surface area (TPSA) is 37.8 Å². The van der Waals surface area contributed by atoms with Crippen LogP contribution < -0.4 is 5.32 Å². The maximum absolute atomic E-state index is 5.95. The van der Waals surface area contributed by atoms with E-state index in [4.69, 9.17) is 23.2 Å². The summed E-state index contributed by atoms with van der Waals surface area (Å²) in [6, 6.07) is 13.0. The summed E-state index contributed by atoms with van der Waals surface area (Å²) in [5, 5.41) is 5.51. The second-order valence-corrected chi connectivity index (χ2v) is 4.89. The first-order valence-electron chi connectivity index (χ1n) is 5.65. The minimum atomic E-state index is 0.656. The Labute approximate surface area is 120 Å². The zero-order chi connectivity index (χ0) is 13.2. The molecule has 19 heavy (non-hydrogen) atoms. The molecule has 0 aliphatic rings. The van der Waals surface area contributed by atoms with Crippen LogP contribution >= 0.6 is 23.2 Å². The highest BCUT2D eigenvalue weighted by atomic mass is 35.5. The zero-order valence-electron chi connectivity index (χ0n) is 9.77. The Morgan fingerprint density at radius 1 is 0.842 bits per heavy atom. The van der Waals surface area contributed by atoms with E-state index >= 15 is 0 Å². The highest BCUT2D eigenvalue weighted by Gasteiger charge is 2.04. The lowest BCUT2D eigenvalue weighted by molar-refractivity contribution is 1.22. The summed E-state index contributed by atoms with van der Waals surface area (Å²) in [7, 11) is 0. The molecule has 0 aliphatic heterocycles. The standard InChI is InChI=1S/C14H9Cl2N3/c15-9-1-4-11(5-2-9)19-14-12-6-3-10(16)7-13(12)17-8-18-14/h1-8H,(H,17,18,19). The summed E-state index contributed by atoms with van der Waals surface area (Å²) in [6.07, 6.45) is 1.51. The lowest BCUT2D eigenvalue weighted by Gasteiger charge is -2.08. The van der Waals surface area contributed by atoms with Crippen LogP contribution in [0.15, 0.2) is 48.8 Å². The van der Waals surface area contributed by atoms with Crippen LogP contribution in [-0.2, 0) is 0 Å². The summed E-state index contributed by atoms with van der Waals surface area (Å²) in [6.45, 7) is 0. The largest absolute Gasteiger partial charge is 0.340 e. The molecule has 0 aliphatic carbocycles. The Morgan fingerprint density at radius 2 is 1.58 bits per heavy atom. The first-order chi connectivity index (χ1) is 9.22. The summed E-state index contributed by atoms with van der Waals surface area (Å²) >= 11 is 11.8. The Kier molecular flexibility index (Phi) is 3.23. The van der Waals surface area contributed by atoms with Gasteiger partial charge in [-0.1, -0.05) is 23.2 Å². The van der Waals surface area contributed by atoms with Gasteiger partial charge in [-0.2, -0.15) is 0 Å². The molecule has 0 radical (unpaired) electrons. The second-order valence-electron chi connectivity index (χ2n) is 4.02. The number of aromatic nitrogens is 2. The smallest absolute Gasteiger partial charge is 0.141 e. The molecule has 1 aromatic heterocycles. The molecule has 0 unspecified atom stereocenters.